The van der Waals surface area contributed by atoms with Gasteiger partial charge in [-0.1, -0.05) is 19.0 Å². The van der Waals surface area contributed by atoms with Gasteiger partial charge in [0.2, 0.25) is 5.91 Å². The highest BCUT2D eigenvalue weighted by molar-refractivity contribution is 5.87. The number of likely N-dealkylation sites (N-methyl/N-ethyl adjacent to an activating group) is 1. The molecule has 0 aromatic rings. The number of hydrogen-bond acceptors (Lipinski definition) is 3. The molecular weight excluding hydrogens is 194 g/mol. The molecule has 0 radical (unpaired) electrons. The molecular formula is C10H21N3O2. The molecule has 0 aromatic carbocycles. The minimum atomic E-state index is 0.0384. The highest BCUT2D eigenvalue weighted by Gasteiger charge is 2.20. The molecule has 0 fully saturated rings. The molecule has 0 saturated heterocycles. The Kier molecular flexibility index (Phi) is 6.49. The lowest BCUT2D eigenvalue weighted by molar-refractivity contribution is -0.134. The van der Waals surface area contributed by atoms with Gasteiger partial charge in [0.25, 0.3) is 0 Å². The first-order chi connectivity index (χ1) is 7.10. The van der Waals surface area contributed by atoms with Crippen molar-refractivity contribution in [2.45, 2.75) is 33.6 Å². The Morgan fingerprint density at radius 2 is 1.93 bits per heavy atom. The Hall–Kier alpha value is -1.26. The predicted molar refractivity (Wildman–Crippen MR) is 59.7 cm³/mol. The van der Waals surface area contributed by atoms with Crippen molar-refractivity contribution in [1.82, 2.24) is 4.90 Å². The molecule has 88 valence electrons. The molecule has 3 N–H and O–H groups in total. The third-order valence-electron chi connectivity index (χ3n) is 2.51. The van der Waals surface area contributed by atoms with Crippen LogP contribution in [0.25, 0.3) is 0 Å². The number of rotatable bonds is 6. The molecule has 0 aliphatic carbocycles. The second-order valence-corrected chi connectivity index (χ2v) is 3.46. The topological polar surface area (TPSA) is 78.9 Å². The van der Waals surface area contributed by atoms with Gasteiger partial charge < -0.3 is 15.8 Å². The minimum absolute atomic E-state index is 0.0384. The van der Waals surface area contributed by atoms with E-state index in [4.69, 9.17) is 10.9 Å². The molecule has 0 unspecified atom stereocenters. The maximum Gasteiger partial charge on any atom is 0.226 e. The summed E-state index contributed by atoms with van der Waals surface area (Å²) >= 11 is 0. The van der Waals surface area contributed by atoms with E-state index in [-0.39, 0.29) is 24.2 Å². The largest absolute Gasteiger partial charge is 0.409 e. The van der Waals surface area contributed by atoms with E-state index >= 15 is 0 Å². The zero-order valence-corrected chi connectivity index (χ0v) is 9.73. The van der Waals surface area contributed by atoms with Crippen molar-refractivity contribution >= 4 is 11.7 Å². The van der Waals surface area contributed by atoms with Crippen LogP contribution in [0.1, 0.15) is 33.6 Å². The van der Waals surface area contributed by atoms with Crippen molar-refractivity contribution in [3.05, 3.63) is 0 Å². The maximum absolute atomic E-state index is 11.9. The summed E-state index contributed by atoms with van der Waals surface area (Å²) in [7, 11) is 0. The summed E-state index contributed by atoms with van der Waals surface area (Å²) < 4.78 is 0. The lowest BCUT2D eigenvalue weighted by Gasteiger charge is -2.24. The van der Waals surface area contributed by atoms with E-state index in [2.05, 4.69) is 5.16 Å². The normalized spacial score (nSPS) is 11.9. The van der Waals surface area contributed by atoms with Gasteiger partial charge in [-0.3, -0.25) is 4.79 Å². The first-order valence-electron chi connectivity index (χ1n) is 5.35. The highest BCUT2D eigenvalue weighted by atomic mass is 16.4. The standard InChI is InChI=1S/C10H21N3O2/c1-4-8(5-2)10(14)13(6-3)7-9(11)12-15/h8,15H,4-7H2,1-3H3,(H2,11,12). The van der Waals surface area contributed by atoms with Gasteiger partial charge in [-0.05, 0) is 19.8 Å². The average Bonchev–Trinajstić information content (AvgIpc) is 2.26. The lowest BCUT2D eigenvalue weighted by Crippen LogP contribution is -2.41. The monoisotopic (exact) mass is 215 g/mol. The van der Waals surface area contributed by atoms with Crippen LogP contribution < -0.4 is 5.73 Å². The SMILES string of the molecule is CCC(CC)C(=O)N(CC)CC(N)=NO. The second-order valence-electron chi connectivity index (χ2n) is 3.46. The summed E-state index contributed by atoms with van der Waals surface area (Å²) in [5, 5.41) is 11.3. The van der Waals surface area contributed by atoms with Crippen LogP contribution in [0.2, 0.25) is 0 Å². The van der Waals surface area contributed by atoms with Gasteiger partial charge in [0.1, 0.15) is 0 Å². The molecule has 0 spiro atoms. The zero-order chi connectivity index (χ0) is 11.8. The molecule has 5 nitrogen and oxygen atoms in total. The van der Waals surface area contributed by atoms with Gasteiger partial charge in [0.05, 0.1) is 6.54 Å². The Morgan fingerprint density at radius 3 is 2.27 bits per heavy atom. The molecule has 0 saturated carbocycles. The van der Waals surface area contributed by atoms with Crippen molar-refractivity contribution in [2.24, 2.45) is 16.8 Å². The molecule has 0 atom stereocenters. The number of oxime groups is 1. The minimum Gasteiger partial charge on any atom is -0.409 e. The number of carbonyl (C=O) groups excluding carboxylic acids is 1. The lowest BCUT2D eigenvalue weighted by atomic mass is 10.0. The Morgan fingerprint density at radius 1 is 1.40 bits per heavy atom. The van der Waals surface area contributed by atoms with Gasteiger partial charge in [0, 0.05) is 12.5 Å². The van der Waals surface area contributed by atoms with E-state index in [1.54, 1.807) is 4.90 Å². The number of carbonyl (C=O) groups is 1. The van der Waals surface area contributed by atoms with E-state index in [0.717, 1.165) is 12.8 Å². The number of hydrogen-bond donors (Lipinski definition) is 2. The van der Waals surface area contributed by atoms with Crippen LogP contribution in [0.15, 0.2) is 5.16 Å². The summed E-state index contributed by atoms with van der Waals surface area (Å²) in [4.78, 5) is 13.5. The summed E-state index contributed by atoms with van der Waals surface area (Å²) in [6, 6.07) is 0. The molecule has 0 rings (SSSR count). The zero-order valence-electron chi connectivity index (χ0n) is 9.73. The van der Waals surface area contributed by atoms with E-state index in [1.165, 1.54) is 0 Å². The number of nitrogens with zero attached hydrogens (tertiary/aromatic N) is 2. The first kappa shape index (κ1) is 13.7. The fraction of sp³-hybridized carbons (Fsp3) is 0.800. The molecule has 0 bridgehead atoms. The maximum atomic E-state index is 11.9. The van der Waals surface area contributed by atoms with Crippen molar-refractivity contribution in [2.75, 3.05) is 13.1 Å². The van der Waals surface area contributed by atoms with Gasteiger partial charge in [-0.25, -0.2) is 0 Å². The third-order valence-corrected chi connectivity index (χ3v) is 2.51. The predicted octanol–water partition coefficient (Wildman–Crippen LogP) is 1.02. The van der Waals surface area contributed by atoms with Gasteiger partial charge in [0.15, 0.2) is 5.84 Å². The average molecular weight is 215 g/mol. The van der Waals surface area contributed by atoms with Crippen LogP contribution in [0.3, 0.4) is 0 Å². The fourth-order valence-corrected chi connectivity index (χ4v) is 1.47. The van der Waals surface area contributed by atoms with Crippen LogP contribution in [0, 0.1) is 5.92 Å². The molecule has 0 aliphatic rings. The van der Waals surface area contributed by atoms with Crippen LogP contribution in [0.5, 0.6) is 0 Å². The van der Waals surface area contributed by atoms with E-state index in [1.807, 2.05) is 20.8 Å². The van der Waals surface area contributed by atoms with Crippen LogP contribution in [-0.4, -0.2) is 34.9 Å². The van der Waals surface area contributed by atoms with Crippen LogP contribution >= 0.6 is 0 Å². The van der Waals surface area contributed by atoms with Crippen molar-refractivity contribution in [3.8, 4) is 0 Å². The molecule has 0 aliphatic heterocycles. The van der Waals surface area contributed by atoms with E-state index in [9.17, 15) is 4.79 Å². The quantitative estimate of drug-likeness (QED) is 0.300. The van der Waals surface area contributed by atoms with Crippen LogP contribution in [-0.2, 0) is 4.79 Å². The molecule has 0 aromatic heterocycles. The third kappa shape index (κ3) is 4.18. The Balaban J connectivity index is 4.46. The summed E-state index contributed by atoms with van der Waals surface area (Å²) in [6.07, 6.45) is 1.64. The van der Waals surface area contributed by atoms with Gasteiger partial charge in [-0.2, -0.15) is 0 Å². The Bertz CT molecular complexity index is 225. The molecule has 5 heteroatoms. The Labute approximate surface area is 90.9 Å². The highest BCUT2D eigenvalue weighted by Crippen LogP contribution is 2.11. The summed E-state index contributed by atoms with van der Waals surface area (Å²) in [5.74, 6) is 0.182. The van der Waals surface area contributed by atoms with Crippen molar-refractivity contribution < 1.29 is 10.0 Å². The summed E-state index contributed by atoms with van der Waals surface area (Å²) in [5.41, 5.74) is 5.38. The molecule has 0 heterocycles. The number of nitrogens with two attached hydrogens (primary N) is 1. The molecule has 15 heavy (non-hydrogen) atoms. The first-order valence-corrected chi connectivity index (χ1v) is 5.35. The van der Waals surface area contributed by atoms with Gasteiger partial charge >= 0.3 is 0 Å². The smallest absolute Gasteiger partial charge is 0.226 e. The van der Waals surface area contributed by atoms with Crippen molar-refractivity contribution in [3.63, 3.8) is 0 Å². The second kappa shape index (κ2) is 7.09. The van der Waals surface area contributed by atoms with Gasteiger partial charge in [-0.15, -0.1) is 0 Å². The van der Waals surface area contributed by atoms with Crippen molar-refractivity contribution in [1.29, 1.82) is 0 Å². The summed E-state index contributed by atoms with van der Waals surface area (Å²) in [6.45, 7) is 6.63. The van der Waals surface area contributed by atoms with E-state index in [0.29, 0.717) is 6.54 Å². The number of amidine groups is 1. The fourth-order valence-electron chi connectivity index (χ4n) is 1.47. The van der Waals surface area contributed by atoms with E-state index < -0.39 is 0 Å². The number of amides is 1. The molecule has 1 amide bonds. The van der Waals surface area contributed by atoms with Crippen LogP contribution in [0.4, 0.5) is 0 Å².